The Balaban J connectivity index is 1.65. The van der Waals surface area contributed by atoms with Crippen LogP contribution in [0.5, 0.6) is 0 Å². The molecule has 0 bridgehead atoms. The molecular weight excluding hydrogens is 210 g/mol. The largest absolute Gasteiger partial charge is 0.392 e. The Morgan fingerprint density at radius 3 is 2.76 bits per heavy atom. The molecule has 2 nitrogen and oxygen atoms in total. The van der Waals surface area contributed by atoms with Crippen LogP contribution < -0.4 is 0 Å². The smallest absolute Gasteiger partial charge is 0.0609 e. The minimum absolute atomic E-state index is 0.0525. The maximum atomic E-state index is 10.1. The first kappa shape index (κ1) is 11.2. The van der Waals surface area contributed by atoms with E-state index in [-0.39, 0.29) is 11.5 Å². The fraction of sp³-hybridized carbons (Fsp3) is 0.600. The van der Waals surface area contributed by atoms with E-state index >= 15 is 0 Å². The molecular formula is C15H21NO. The van der Waals surface area contributed by atoms with Crippen molar-refractivity contribution in [1.82, 2.24) is 4.90 Å². The van der Waals surface area contributed by atoms with Gasteiger partial charge in [0.15, 0.2) is 0 Å². The minimum atomic E-state index is -0.0525. The Kier molecular flexibility index (Phi) is 2.93. The lowest BCUT2D eigenvalue weighted by Gasteiger charge is -2.27. The number of aliphatic hydroxyl groups is 1. The van der Waals surface area contributed by atoms with Gasteiger partial charge in [0.05, 0.1) is 6.10 Å². The van der Waals surface area contributed by atoms with Crippen LogP contribution in [0.4, 0.5) is 0 Å². The summed E-state index contributed by atoms with van der Waals surface area (Å²) in [5.74, 6) is 0. The normalized spacial score (nSPS) is 33.6. The molecule has 0 aromatic heterocycles. The minimum Gasteiger partial charge on any atom is -0.392 e. The van der Waals surface area contributed by atoms with Gasteiger partial charge < -0.3 is 5.11 Å². The fourth-order valence-electron chi connectivity index (χ4n) is 3.56. The lowest BCUT2D eigenvalue weighted by molar-refractivity contribution is 0.0578. The molecule has 1 aromatic rings. The zero-order valence-corrected chi connectivity index (χ0v) is 10.3. The second-order valence-electron chi connectivity index (χ2n) is 5.72. The SMILES string of the molecule is O[C@@H]1CCC[C@@]12CCN(Cc1ccccc1)C2. The molecule has 1 aromatic carbocycles. The third-order valence-electron chi connectivity index (χ3n) is 4.57. The zero-order valence-electron chi connectivity index (χ0n) is 10.3. The fourth-order valence-corrected chi connectivity index (χ4v) is 3.56. The third-order valence-corrected chi connectivity index (χ3v) is 4.57. The molecule has 1 saturated heterocycles. The van der Waals surface area contributed by atoms with Crippen LogP contribution in [-0.4, -0.2) is 29.2 Å². The van der Waals surface area contributed by atoms with E-state index in [0.29, 0.717) is 0 Å². The molecule has 2 aliphatic rings. The highest BCUT2D eigenvalue weighted by Gasteiger charge is 2.46. The summed E-state index contributed by atoms with van der Waals surface area (Å²) in [6, 6.07) is 10.7. The molecule has 1 aliphatic heterocycles. The number of benzene rings is 1. The predicted octanol–water partition coefficient (Wildman–Crippen LogP) is 2.42. The number of nitrogens with zero attached hydrogens (tertiary/aromatic N) is 1. The quantitative estimate of drug-likeness (QED) is 0.845. The summed E-state index contributed by atoms with van der Waals surface area (Å²) < 4.78 is 0. The average molecular weight is 231 g/mol. The van der Waals surface area contributed by atoms with Gasteiger partial charge in [-0.2, -0.15) is 0 Å². The van der Waals surface area contributed by atoms with Crippen molar-refractivity contribution in [1.29, 1.82) is 0 Å². The summed E-state index contributed by atoms with van der Waals surface area (Å²) in [7, 11) is 0. The van der Waals surface area contributed by atoms with Gasteiger partial charge in [-0.3, -0.25) is 4.90 Å². The summed E-state index contributed by atoms with van der Waals surface area (Å²) in [6.07, 6.45) is 4.57. The van der Waals surface area contributed by atoms with Crippen LogP contribution in [0.2, 0.25) is 0 Å². The van der Waals surface area contributed by atoms with E-state index in [1.807, 2.05) is 0 Å². The van der Waals surface area contributed by atoms with Crippen molar-refractivity contribution in [3.05, 3.63) is 35.9 Å². The third kappa shape index (κ3) is 2.12. The molecule has 92 valence electrons. The summed E-state index contributed by atoms with van der Waals surface area (Å²) in [6.45, 7) is 3.27. The summed E-state index contributed by atoms with van der Waals surface area (Å²) in [4.78, 5) is 2.50. The lowest BCUT2D eigenvalue weighted by Crippen LogP contribution is -2.33. The molecule has 1 aliphatic carbocycles. The predicted molar refractivity (Wildman–Crippen MR) is 68.6 cm³/mol. The molecule has 2 atom stereocenters. The zero-order chi connectivity index (χ0) is 11.7. The highest BCUT2D eigenvalue weighted by Crippen LogP contribution is 2.45. The van der Waals surface area contributed by atoms with Gasteiger partial charge in [0.25, 0.3) is 0 Å². The molecule has 3 rings (SSSR count). The Bertz CT molecular complexity index is 378. The first-order chi connectivity index (χ1) is 8.28. The van der Waals surface area contributed by atoms with Gasteiger partial charge in [-0.15, -0.1) is 0 Å². The summed E-state index contributed by atoms with van der Waals surface area (Å²) in [5, 5.41) is 10.1. The molecule has 2 heteroatoms. The molecule has 17 heavy (non-hydrogen) atoms. The highest BCUT2D eigenvalue weighted by molar-refractivity contribution is 5.15. The van der Waals surface area contributed by atoms with Gasteiger partial charge in [0.1, 0.15) is 0 Å². The van der Waals surface area contributed by atoms with Crippen molar-refractivity contribution in [2.24, 2.45) is 5.41 Å². The van der Waals surface area contributed by atoms with Crippen LogP contribution in [0.3, 0.4) is 0 Å². The average Bonchev–Trinajstić information content (AvgIpc) is 2.90. The van der Waals surface area contributed by atoms with E-state index in [1.54, 1.807) is 0 Å². The molecule has 0 unspecified atom stereocenters. The van der Waals surface area contributed by atoms with Crippen molar-refractivity contribution in [3.63, 3.8) is 0 Å². The Morgan fingerprint density at radius 1 is 1.24 bits per heavy atom. The van der Waals surface area contributed by atoms with Crippen LogP contribution >= 0.6 is 0 Å². The van der Waals surface area contributed by atoms with Crippen molar-refractivity contribution in [3.8, 4) is 0 Å². The molecule has 1 spiro atoms. The molecule has 0 radical (unpaired) electrons. The number of hydrogen-bond acceptors (Lipinski definition) is 2. The summed E-state index contributed by atoms with van der Waals surface area (Å²) in [5.41, 5.74) is 1.62. The van der Waals surface area contributed by atoms with Crippen LogP contribution in [0.15, 0.2) is 30.3 Å². The van der Waals surface area contributed by atoms with Crippen molar-refractivity contribution < 1.29 is 5.11 Å². The van der Waals surface area contributed by atoms with Gasteiger partial charge in [0, 0.05) is 18.5 Å². The second-order valence-corrected chi connectivity index (χ2v) is 5.72. The van der Waals surface area contributed by atoms with Crippen LogP contribution in [0.1, 0.15) is 31.2 Å². The van der Waals surface area contributed by atoms with Gasteiger partial charge >= 0.3 is 0 Å². The van der Waals surface area contributed by atoms with Gasteiger partial charge in [-0.25, -0.2) is 0 Å². The van der Waals surface area contributed by atoms with Crippen LogP contribution in [0, 0.1) is 5.41 Å². The van der Waals surface area contributed by atoms with Crippen molar-refractivity contribution in [2.75, 3.05) is 13.1 Å². The number of rotatable bonds is 2. The molecule has 1 N–H and O–H groups in total. The van der Waals surface area contributed by atoms with E-state index < -0.39 is 0 Å². The van der Waals surface area contributed by atoms with Crippen LogP contribution in [-0.2, 0) is 6.54 Å². The van der Waals surface area contributed by atoms with Crippen molar-refractivity contribution >= 4 is 0 Å². The first-order valence-electron chi connectivity index (χ1n) is 6.73. The van der Waals surface area contributed by atoms with E-state index in [0.717, 1.165) is 26.1 Å². The van der Waals surface area contributed by atoms with E-state index in [1.165, 1.54) is 24.8 Å². The van der Waals surface area contributed by atoms with E-state index in [4.69, 9.17) is 0 Å². The monoisotopic (exact) mass is 231 g/mol. The van der Waals surface area contributed by atoms with E-state index in [2.05, 4.69) is 35.2 Å². The molecule has 1 heterocycles. The Labute approximate surface area is 103 Å². The number of hydrogen-bond donors (Lipinski definition) is 1. The second kappa shape index (κ2) is 4.43. The standard InChI is InChI=1S/C15H21NO/c17-14-7-4-8-15(14)9-10-16(12-15)11-13-5-2-1-3-6-13/h1-3,5-6,14,17H,4,7-12H2/t14-,15+/m1/s1. The maximum absolute atomic E-state index is 10.1. The molecule has 0 amide bonds. The Morgan fingerprint density at radius 2 is 2.06 bits per heavy atom. The van der Waals surface area contributed by atoms with Gasteiger partial charge in [-0.1, -0.05) is 36.8 Å². The maximum Gasteiger partial charge on any atom is 0.0609 e. The number of likely N-dealkylation sites (tertiary alicyclic amines) is 1. The number of aliphatic hydroxyl groups excluding tert-OH is 1. The Hall–Kier alpha value is -0.860. The summed E-state index contributed by atoms with van der Waals surface area (Å²) >= 11 is 0. The van der Waals surface area contributed by atoms with Gasteiger partial charge in [-0.05, 0) is 31.4 Å². The van der Waals surface area contributed by atoms with Crippen molar-refractivity contribution in [2.45, 2.75) is 38.3 Å². The van der Waals surface area contributed by atoms with Gasteiger partial charge in [0.2, 0.25) is 0 Å². The lowest BCUT2D eigenvalue weighted by atomic mass is 9.83. The topological polar surface area (TPSA) is 23.5 Å². The van der Waals surface area contributed by atoms with E-state index in [9.17, 15) is 5.11 Å². The molecule has 1 saturated carbocycles. The molecule has 2 fully saturated rings. The first-order valence-corrected chi connectivity index (χ1v) is 6.73. The van der Waals surface area contributed by atoms with Crippen LogP contribution in [0.25, 0.3) is 0 Å². The highest BCUT2D eigenvalue weighted by atomic mass is 16.3.